The van der Waals surface area contributed by atoms with Gasteiger partial charge in [-0.15, -0.1) is 0 Å². The average molecular weight is 153 g/mol. The molecule has 56 valence electrons. The number of halogens is 3. The van der Waals surface area contributed by atoms with Gasteiger partial charge in [0.05, 0.1) is 0 Å². The van der Waals surface area contributed by atoms with E-state index in [4.69, 9.17) is 5.11 Å². The van der Waals surface area contributed by atoms with Gasteiger partial charge >= 0.3 is 12.1 Å². The number of alkyl halides is 3. The van der Waals surface area contributed by atoms with Crippen LogP contribution in [0.2, 0.25) is 0 Å². The van der Waals surface area contributed by atoms with Crippen molar-refractivity contribution in [2.45, 2.75) is 6.18 Å². The number of hydrogen-bond acceptors (Lipinski definition) is 3. The Balaban J connectivity index is 2.96. The molecule has 3 nitrogen and oxygen atoms in total. The molecular formula is C4H2F3NO2. The van der Waals surface area contributed by atoms with E-state index in [-0.39, 0.29) is 0 Å². The van der Waals surface area contributed by atoms with Crippen molar-refractivity contribution in [2.75, 3.05) is 0 Å². The summed E-state index contributed by atoms with van der Waals surface area (Å²) in [6.07, 6.45) is -4.11. The highest BCUT2D eigenvalue weighted by Gasteiger charge is 2.37. The molecule has 0 aliphatic rings. The number of aromatic nitrogens is 1. The largest absolute Gasteiger partial charge is 0.491 e. The SMILES string of the molecule is Oc1coc(C(F)(F)F)n1. The summed E-state index contributed by atoms with van der Waals surface area (Å²) in [6, 6.07) is 0. The molecule has 10 heavy (non-hydrogen) atoms. The molecule has 1 heterocycles. The Morgan fingerprint density at radius 2 is 2.10 bits per heavy atom. The molecular weight excluding hydrogens is 151 g/mol. The normalized spacial score (nSPS) is 11.9. The second-order valence-corrected chi connectivity index (χ2v) is 1.51. The lowest BCUT2D eigenvalue weighted by Crippen LogP contribution is -2.04. The summed E-state index contributed by atoms with van der Waals surface area (Å²) in [7, 11) is 0. The van der Waals surface area contributed by atoms with Crippen LogP contribution in [0, 0.1) is 0 Å². The predicted octanol–water partition coefficient (Wildman–Crippen LogP) is 1.40. The van der Waals surface area contributed by atoms with Crippen LogP contribution in [-0.4, -0.2) is 10.1 Å². The molecule has 0 radical (unpaired) electrons. The maximum Gasteiger partial charge on any atom is 0.469 e. The number of aromatic hydroxyl groups is 1. The highest BCUT2D eigenvalue weighted by Crippen LogP contribution is 2.29. The third-order valence-corrected chi connectivity index (χ3v) is 0.735. The summed E-state index contributed by atoms with van der Waals surface area (Å²) in [5.74, 6) is -2.21. The van der Waals surface area contributed by atoms with Gasteiger partial charge < -0.3 is 9.52 Å². The first-order chi connectivity index (χ1) is 4.50. The Morgan fingerprint density at radius 3 is 2.30 bits per heavy atom. The van der Waals surface area contributed by atoms with E-state index in [1.54, 1.807) is 0 Å². The number of nitrogens with zero attached hydrogens (tertiary/aromatic N) is 1. The first-order valence-corrected chi connectivity index (χ1v) is 2.22. The fourth-order valence-corrected chi connectivity index (χ4v) is 0.395. The Labute approximate surface area is 53.1 Å². The smallest absolute Gasteiger partial charge is 0.469 e. The fourth-order valence-electron chi connectivity index (χ4n) is 0.395. The molecule has 0 atom stereocenters. The summed E-state index contributed by atoms with van der Waals surface area (Å²) in [4.78, 5) is 2.65. The van der Waals surface area contributed by atoms with E-state index in [1.807, 2.05) is 0 Å². The topological polar surface area (TPSA) is 46.3 Å². The third kappa shape index (κ3) is 1.20. The molecule has 0 bridgehead atoms. The second kappa shape index (κ2) is 1.89. The summed E-state index contributed by atoms with van der Waals surface area (Å²) in [5, 5.41) is 8.31. The monoisotopic (exact) mass is 153 g/mol. The molecule has 0 aliphatic heterocycles. The Hall–Kier alpha value is -1.20. The van der Waals surface area contributed by atoms with Crippen molar-refractivity contribution in [1.29, 1.82) is 0 Å². The van der Waals surface area contributed by atoms with E-state index in [0.717, 1.165) is 0 Å². The van der Waals surface area contributed by atoms with Crippen molar-refractivity contribution >= 4 is 0 Å². The molecule has 1 aromatic rings. The zero-order valence-corrected chi connectivity index (χ0v) is 4.51. The van der Waals surface area contributed by atoms with Crippen molar-refractivity contribution in [2.24, 2.45) is 0 Å². The Morgan fingerprint density at radius 1 is 1.50 bits per heavy atom. The van der Waals surface area contributed by atoms with E-state index in [9.17, 15) is 13.2 Å². The van der Waals surface area contributed by atoms with E-state index < -0.39 is 17.9 Å². The molecule has 0 saturated heterocycles. The molecule has 0 aromatic carbocycles. The molecule has 1 aromatic heterocycles. The molecule has 0 spiro atoms. The molecule has 0 amide bonds. The lowest BCUT2D eigenvalue weighted by Gasteiger charge is -1.96. The van der Waals surface area contributed by atoms with E-state index in [2.05, 4.69) is 9.40 Å². The molecule has 0 aliphatic carbocycles. The maximum absolute atomic E-state index is 11.5. The van der Waals surface area contributed by atoms with Gasteiger partial charge in [-0.3, -0.25) is 0 Å². The van der Waals surface area contributed by atoms with E-state index in [1.165, 1.54) is 0 Å². The minimum absolute atomic E-state index is 0.517. The second-order valence-electron chi connectivity index (χ2n) is 1.51. The zero-order chi connectivity index (χ0) is 7.78. The summed E-state index contributed by atoms with van der Waals surface area (Å²) < 4.78 is 38.4. The van der Waals surface area contributed by atoms with Crippen LogP contribution in [0.3, 0.4) is 0 Å². The van der Waals surface area contributed by atoms with Crippen molar-refractivity contribution in [3.63, 3.8) is 0 Å². The van der Waals surface area contributed by atoms with Crippen LogP contribution in [-0.2, 0) is 6.18 Å². The third-order valence-electron chi connectivity index (χ3n) is 0.735. The van der Waals surface area contributed by atoms with Gasteiger partial charge in [-0.05, 0) is 0 Å². The van der Waals surface area contributed by atoms with Crippen molar-refractivity contribution in [3.05, 3.63) is 12.2 Å². The quantitative estimate of drug-likeness (QED) is 0.612. The van der Waals surface area contributed by atoms with Gasteiger partial charge in [-0.1, -0.05) is 0 Å². The van der Waals surface area contributed by atoms with Gasteiger partial charge in [-0.25, -0.2) is 0 Å². The molecule has 0 fully saturated rings. The Kier molecular flexibility index (Phi) is 1.31. The summed E-state index contributed by atoms with van der Waals surface area (Å²) in [5.41, 5.74) is 0. The number of oxazole rings is 1. The van der Waals surface area contributed by atoms with Crippen LogP contribution in [0.1, 0.15) is 5.89 Å². The summed E-state index contributed by atoms with van der Waals surface area (Å²) in [6.45, 7) is 0. The van der Waals surface area contributed by atoms with E-state index >= 15 is 0 Å². The van der Waals surface area contributed by atoms with Gasteiger partial charge in [0.1, 0.15) is 0 Å². The molecule has 0 saturated carbocycles. The minimum Gasteiger partial charge on any atom is -0.491 e. The van der Waals surface area contributed by atoms with Crippen LogP contribution in [0.15, 0.2) is 10.7 Å². The van der Waals surface area contributed by atoms with Gasteiger partial charge in [0.15, 0.2) is 6.26 Å². The number of hydrogen-bond donors (Lipinski definition) is 1. The average Bonchev–Trinajstić information content (AvgIpc) is 2.11. The van der Waals surface area contributed by atoms with Gasteiger partial charge in [0, 0.05) is 0 Å². The fraction of sp³-hybridized carbons (Fsp3) is 0.250. The van der Waals surface area contributed by atoms with Crippen LogP contribution in [0.5, 0.6) is 5.88 Å². The van der Waals surface area contributed by atoms with Crippen molar-refractivity contribution < 1.29 is 22.7 Å². The Bertz CT molecular complexity index is 229. The first kappa shape index (κ1) is 6.91. The highest BCUT2D eigenvalue weighted by atomic mass is 19.4. The summed E-state index contributed by atoms with van der Waals surface area (Å²) >= 11 is 0. The number of rotatable bonds is 0. The van der Waals surface area contributed by atoms with Gasteiger partial charge in [0.25, 0.3) is 5.88 Å². The van der Waals surface area contributed by atoms with Crippen LogP contribution in [0.4, 0.5) is 13.2 Å². The van der Waals surface area contributed by atoms with Crippen LogP contribution in [0.25, 0.3) is 0 Å². The molecule has 6 heteroatoms. The lowest BCUT2D eigenvalue weighted by atomic mass is 10.6. The van der Waals surface area contributed by atoms with Gasteiger partial charge in [0.2, 0.25) is 0 Å². The van der Waals surface area contributed by atoms with Crippen LogP contribution >= 0.6 is 0 Å². The predicted molar refractivity (Wildman–Crippen MR) is 23.2 cm³/mol. The lowest BCUT2D eigenvalue weighted by molar-refractivity contribution is -0.157. The standard InChI is InChI=1S/C4H2F3NO2/c5-4(6,7)3-8-2(9)1-10-3/h1,9H. The van der Waals surface area contributed by atoms with Crippen molar-refractivity contribution in [3.8, 4) is 5.88 Å². The van der Waals surface area contributed by atoms with E-state index in [0.29, 0.717) is 6.26 Å². The molecule has 1 N–H and O–H groups in total. The first-order valence-electron chi connectivity index (χ1n) is 2.22. The molecule has 0 unspecified atom stereocenters. The van der Waals surface area contributed by atoms with Crippen LogP contribution < -0.4 is 0 Å². The minimum atomic E-state index is -4.62. The zero-order valence-electron chi connectivity index (χ0n) is 4.51. The molecule has 1 rings (SSSR count). The van der Waals surface area contributed by atoms with Crippen molar-refractivity contribution in [1.82, 2.24) is 4.98 Å². The van der Waals surface area contributed by atoms with Gasteiger partial charge in [-0.2, -0.15) is 18.2 Å². The maximum atomic E-state index is 11.5. The highest BCUT2D eigenvalue weighted by molar-refractivity contribution is 5.01.